The van der Waals surface area contributed by atoms with Crippen molar-refractivity contribution in [3.05, 3.63) is 84.4 Å². The van der Waals surface area contributed by atoms with Crippen molar-refractivity contribution < 1.29 is 4.79 Å². The largest absolute Gasteiger partial charge is 0.346 e. The SMILES string of the molecule is C=CC(=O)NC(CC(C)c1ccccc1)c1ccccc1. The van der Waals surface area contributed by atoms with Crippen molar-refractivity contribution in [1.29, 1.82) is 0 Å². The summed E-state index contributed by atoms with van der Waals surface area (Å²) >= 11 is 0. The molecule has 0 bridgehead atoms. The van der Waals surface area contributed by atoms with E-state index in [2.05, 4.69) is 31.0 Å². The summed E-state index contributed by atoms with van der Waals surface area (Å²) in [6.45, 7) is 5.72. The van der Waals surface area contributed by atoms with Crippen LogP contribution in [0.5, 0.6) is 0 Å². The Kier molecular flexibility index (Phi) is 5.33. The van der Waals surface area contributed by atoms with Gasteiger partial charge >= 0.3 is 0 Å². The predicted octanol–water partition coefficient (Wildman–Crippen LogP) is 4.22. The molecule has 2 heteroatoms. The van der Waals surface area contributed by atoms with Crippen LogP contribution in [0.25, 0.3) is 0 Å². The van der Waals surface area contributed by atoms with Gasteiger partial charge in [-0.25, -0.2) is 0 Å². The standard InChI is InChI=1S/C19H21NO/c1-3-19(21)20-18(17-12-8-5-9-13-17)14-15(2)16-10-6-4-7-11-16/h3-13,15,18H,1,14H2,2H3,(H,20,21). The normalized spacial score (nSPS) is 13.2. The average molecular weight is 279 g/mol. The first-order valence-electron chi connectivity index (χ1n) is 7.23. The van der Waals surface area contributed by atoms with Crippen molar-refractivity contribution in [1.82, 2.24) is 5.32 Å². The average Bonchev–Trinajstić information content (AvgIpc) is 2.55. The Morgan fingerprint density at radius 2 is 1.57 bits per heavy atom. The van der Waals surface area contributed by atoms with Crippen molar-refractivity contribution in [3.63, 3.8) is 0 Å². The molecule has 0 aliphatic rings. The second-order valence-electron chi connectivity index (χ2n) is 5.22. The minimum absolute atomic E-state index is 0.00749. The Bertz CT molecular complexity index is 577. The molecule has 0 fully saturated rings. The number of rotatable bonds is 6. The minimum atomic E-state index is -0.135. The van der Waals surface area contributed by atoms with E-state index in [1.807, 2.05) is 48.5 Å². The number of nitrogens with one attached hydrogen (secondary N) is 1. The molecular weight excluding hydrogens is 258 g/mol. The summed E-state index contributed by atoms with van der Waals surface area (Å²) in [7, 11) is 0. The Labute approximate surface area is 126 Å². The van der Waals surface area contributed by atoms with Crippen LogP contribution in [0.1, 0.15) is 36.4 Å². The van der Waals surface area contributed by atoms with Gasteiger partial charge < -0.3 is 5.32 Å². The van der Waals surface area contributed by atoms with Crippen LogP contribution in [0, 0.1) is 0 Å². The van der Waals surface area contributed by atoms with Crippen LogP contribution < -0.4 is 5.32 Å². The van der Waals surface area contributed by atoms with E-state index in [1.54, 1.807) is 0 Å². The second kappa shape index (κ2) is 7.44. The number of benzene rings is 2. The zero-order valence-corrected chi connectivity index (χ0v) is 12.3. The molecule has 2 aromatic carbocycles. The quantitative estimate of drug-likeness (QED) is 0.788. The summed E-state index contributed by atoms with van der Waals surface area (Å²) in [5.74, 6) is 0.227. The lowest BCUT2D eigenvalue weighted by molar-refractivity contribution is -0.117. The Balaban J connectivity index is 2.16. The van der Waals surface area contributed by atoms with Gasteiger partial charge in [-0.1, -0.05) is 74.2 Å². The van der Waals surface area contributed by atoms with Gasteiger partial charge in [0.1, 0.15) is 0 Å². The van der Waals surface area contributed by atoms with E-state index in [0.29, 0.717) is 5.92 Å². The van der Waals surface area contributed by atoms with Crippen LogP contribution in [0.4, 0.5) is 0 Å². The number of carbonyl (C=O) groups is 1. The van der Waals surface area contributed by atoms with Crippen LogP contribution in [-0.2, 0) is 4.79 Å². The fourth-order valence-corrected chi connectivity index (χ4v) is 2.47. The lowest BCUT2D eigenvalue weighted by Crippen LogP contribution is -2.27. The molecule has 0 aliphatic carbocycles. The number of carbonyl (C=O) groups excluding carboxylic acids is 1. The third-order valence-electron chi connectivity index (χ3n) is 3.66. The summed E-state index contributed by atoms with van der Waals surface area (Å²) in [6, 6.07) is 20.4. The van der Waals surface area contributed by atoms with E-state index in [4.69, 9.17) is 0 Å². The lowest BCUT2D eigenvalue weighted by Gasteiger charge is -2.22. The summed E-state index contributed by atoms with van der Waals surface area (Å²) in [5.41, 5.74) is 2.40. The highest BCUT2D eigenvalue weighted by Gasteiger charge is 2.17. The molecule has 21 heavy (non-hydrogen) atoms. The van der Waals surface area contributed by atoms with E-state index in [-0.39, 0.29) is 11.9 Å². The first-order chi connectivity index (χ1) is 10.2. The van der Waals surface area contributed by atoms with Crippen molar-refractivity contribution in [2.45, 2.75) is 25.3 Å². The summed E-state index contributed by atoms with van der Waals surface area (Å²) < 4.78 is 0. The topological polar surface area (TPSA) is 29.1 Å². The maximum absolute atomic E-state index is 11.7. The van der Waals surface area contributed by atoms with Gasteiger partial charge in [-0.05, 0) is 29.5 Å². The van der Waals surface area contributed by atoms with Crippen LogP contribution in [-0.4, -0.2) is 5.91 Å². The van der Waals surface area contributed by atoms with E-state index in [1.165, 1.54) is 11.6 Å². The van der Waals surface area contributed by atoms with E-state index < -0.39 is 0 Å². The first kappa shape index (κ1) is 15.0. The van der Waals surface area contributed by atoms with Gasteiger partial charge in [0.2, 0.25) is 5.91 Å². The van der Waals surface area contributed by atoms with Gasteiger partial charge in [0.25, 0.3) is 0 Å². The highest BCUT2D eigenvalue weighted by Crippen LogP contribution is 2.27. The number of hydrogen-bond donors (Lipinski definition) is 1. The molecule has 2 nitrogen and oxygen atoms in total. The molecule has 108 valence electrons. The van der Waals surface area contributed by atoms with Crippen molar-refractivity contribution in [2.75, 3.05) is 0 Å². The molecule has 1 N–H and O–H groups in total. The first-order valence-corrected chi connectivity index (χ1v) is 7.23. The molecule has 0 heterocycles. The van der Waals surface area contributed by atoms with E-state index >= 15 is 0 Å². The molecule has 0 radical (unpaired) electrons. The van der Waals surface area contributed by atoms with Gasteiger partial charge in [-0.15, -0.1) is 0 Å². The van der Waals surface area contributed by atoms with Gasteiger partial charge in [-0.2, -0.15) is 0 Å². The van der Waals surface area contributed by atoms with Crippen LogP contribution in [0.15, 0.2) is 73.3 Å². The van der Waals surface area contributed by atoms with E-state index in [9.17, 15) is 4.79 Å². The second-order valence-corrected chi connectivity index (χ2v) is 5.22. The molecule has 2 aromatic rings. The smallest absolute Gasteiger partial charge is 0.243 e. The fraction of sp³-hybridized carbons (Fsp3) is 0.211. The fourth-order valence-electron chi connectivity index (χ4n) is 2.47. The van der Waals surface area contributed by atoms with Gasteiger partial charge in [0.15, 0.2) is 0 Å². The van der Waals surface area contributed by atoms with Gasteiger partial charge in [0.05, 0.1) is 6.04 Å². The van der Waals surface area contributed by atoms with Crippen molar-refractivity contribution in [3.8, 4) is 0 Å². The zero-order valence-electron chi connectivity index (χ0n) is 12.3. The lowest BCUT2D eigenvalue weighted by atomic mass is 9.90. The van der Waals surface area contributed by atoms with Crippen LogP contribution >= 0.6 is 0 Å². The maximum Gasteiger partial charge on any atom is 0.243 e. The zero-order chi connectivity index (χ0) is 15.1. The van der Waals surface area contributed by atoms with E-state index in [0.717, 1.165) is 12.0 Å². The molecule has 0 saturated heterocycles. The number of amides is 1. The third-order valence-corrected chi connectivity index (χ3v) is 3.66. The third kappa shape index (κ3) is 4.32. The molecule has 2 atom stereocenters. The van der Waals surface area contributed by atoms with Crippen LogP contribution in [0.3, 0.4) is 0 Å². The highest BCUT2D eigenvalue weighted by molar-refractivity contribution is 5.87. The number of hydrogen-bond acceptors (Lipinski definition) is 1. The molecule has 0 saturated carbocycles. The molecule has 1 amide bonds. The molecule has 2 rings (SSSR count). The van der Waals surface area contributed by atoms with Crippen molar-refractivity contribution >= 4 is 5.91 Å². The maximum atomic E-state index is 11.7. The predicted molar refractivity (Wildman–Crippen MR) is 87.0 cm³/mol. The molecule has 0 aromatic heterocycles. The summed E-state index contributed by atoms with van der Waals surface area (Å²) in [5, 5.41) is 3.03. The Hall–Kier alpha value is -2.35. The molecular formula is C19H21NO. The molecule has 2 unspecified atom stereocenters. The monoisotopic (exact) mass is 279 g/mol. The van der Waals surface area contributed by atoms with Crippen LogP contribution in [0.2, 0.25) is 0 Å². The van der Waals surface area contributed by atoms with Crippen molar-refractivity contribution in [2.24, 2.45) is 0 Å². The summed E-state index contributed by atoms with van der Waals surface area (Å²) in [6.07, 6.45) is 2.18. The van der Waals surface area contributed by atoms with Gasteiger partial charge in [-0.3, -0.25) is 4.79 Å². The van der Waals surface area contributed by atoms with Gasteiger partial charge in [0, 0.05) is 0 Å². The molecule has 0 aliphatic heterocycles. The highest BCUT2D eigenvalue weighted by atomic mass is 16.1. The Morgan fingerprint density at radius 3 is 2.10 bits per heavy atom. The molecule has 0 spiro atoms. The summed E-state index contributed by atoms with van der Waals surface area (Å²) in [4.78, 5) is 11.7. The minimum Gasteiger partial charge on any atom is -0.346 e. The Morgan fingerprint density at radius 1 is 1.05 bits per heavy atom.